The molecule has 1 aliphatic heterocycles. The molecule has 0 aliphatic carbocycles. The van der Waals surface area contributed by atoms with Crippen LogP contribution < -0.4 is 5.73 Å². The van der Waals surface area contributed by atoms with Crippen molar-refractivity contribution in [1.82, 2.24) is 4.90 Å². The molecule has 2 N–H and O–H groups in total. The van der Waals surface area contributed by atoms with E-state index >= 15 is 0 Å². The molecule has 1 fully saturated rings. The number of likely N-dealkylation sites (tertiary alicyclic amines) is 1. The molecule has 1 heterocycles. The largest absolute Gasteiger partial charge is 0.397 e. The van der Waals surface area contributed by atoms with Crippen LogP contribution in [-0.2, 0) is 4.79 Å². The summed E-state index contributed by atoms with van der Waals surface area (Å²) in [7, 11) is 0. The number of carbonyl (C=O) groups excluding carboxylic acids is 1. The molecule has 16 heavy (non-hydrogen) atoms. The van der Waals surface area contributed by atoms with Crippen molar-refractivity contribution in [3.63, 3.8) is 0 Å². The Balaban J connectivity index is 0.00000225. The molecule has 7 heteroatoms. The summed E-state index contributed by atoms with van der Waals surface area (Å²) >= 11 is 0. The molecular formula is C9H16ClF3N2O. The van der Waals surface area contributed by atoms with Gasteiger partial charge >= 0.3 is 6.18 Å². The van der Waals surface area contributed by atoms with Crippen LogP contribution in [0.2, 0.25) is 0 Å². The van der Waals surface area contributed by atoms with E-state index in [0.29, 0.717) is 19.5 Å². The summed E-state index contributed by atoms with van der Waals surface area (Å²) in [5.74, 6) is -0.780. The Kier molecular flexibility index (Phi) is 5.55. The fraction of sp³-hybridized carbons (Fsp3) is 0.889. The Hall–Kier alpha value is -0.490. The highest BCUT2D eigenvalue weighted by Crippen LogP contribution is 2.23. The van der Waals surface area contributed by atoms with Crippen molar-refractivity contribution in [2.45, 2.75) is 32.0 Å². The van der Waals surface area contributed by atoms with Gasteiger partial charge in [-0.1, -0.05) is 6.92 Å². The molecule has 0 spiro atoms. The summed E-state index contributed by atoms with van der Waals surface area (Å²) in [4.78, 5) is 12.5. The average Bonchev–Trinajstić information content (AvgIpc) is 2.06. The molecule has 0 aromatic rings. The number of hydrogen-bond donors (Lipinski definition) is 1. The van der Waals surface area contributed by atoms with Gasteiger partial charge in [-0.05, 0) is 12.3 Å². The van der Waals surface area contributed by atoms with Gasteiger partial charge in [0.25, 0.3) is 0 Å². The van der Waals surface area contributed by atoms with Gasteiger partial charge in [0.1, 0.15) is 6.42 Å². The van der Waals surface area contributed by atoms with Crippen LogP contribution in [0.5, 0.6) is 0 Å². The van der Waals surface area contributed by atoms with Crippen LogP contribution in [0.4, 0.5) is 13.2 Å². The molecule has 3 nitrogen and oxygen atoms in total. The summed E-state index contributed by atoms with van der Waals surface area (Å²) < 4.78 is 35.9. The highest BCUT2D eigenvalue weighted by molar-refractivity contribution is 5.85. The van der Waals surface area contributed by atoms with E-state index in [2.05, 4.69) is 0 Å². The second-order valence-electron chi connectivity index (χ2n) is 4.06. The second kappa shape index (κ2) is 5.72. The molecule has 0 aromatic heterocycles. The van der Waals surface area contributed by atoms with E-state index in [9.17, 15) is 18.0 Å². The van der Waals surface area contributed by atoms with Gasteiger partial charge in [-0.25, -0.2) is 0 Å². The van der Waals surface area contributed by atoms with Gasteiger partial charge in [0.15, 0.2) is 0 Å². The molecule has 96 valence electrons. The number of carbonyl (C=O) groups is 1. The molecule has 0 bridgehead atoms. The van der Waals surface area contributed by atoms with Gasteiger partial charge in [-0.3, -0.25) is 4.79 Å². The first-order valence-corrected chi connectivity index (χ1v) is 4.89. The van der Waals surface area contributed by atoms with Crippen LogP contribution in [0, 0.1) is 5.92 Å². The number of halogens is 4. The Morgan fingerprint density at radius 3 is 2.50 bits per heavy atom. The zero-order valence-corrected chi connectivity index (χ0v) is 9.77. The molecule has 0 radical (unpaired) electrons. The van der Waals surface area contributed by atoms with Crippen molar-refractivity contribution < 1.29 is 18.0 Å². The SMILES string of the molecule is CC1CN(C(=O)CC(F)(F)F)CCC1N.Cl. The minimum atomic E-state index is -4.42. The maximum atomic E-state index is 12.0. The first-order valence-electron chi connectivity index (χ1n) is 4.89. The van der Waals surface area contributed by atoms with Gasteiger partial charge in [-0.15, -0.1) is 12.4 Å². The third kappa shape index (κ3) is 4.57. The molecule has 0 saturated carbocycles. The van der Waals surface area contributed by atoms with Gasteiger partial charge in [0.05, 0.1) is 0 Å². The lowest BCUT2D eigenvalue weighted by atomic mass is 9.94. The van der Waals surface area contributed by atoms with E-state index in [-0.39, 0.29) is 24.4 Å². The van der Waals surface area contributed by atoms with Crippen molar-refractivity contribution in [2.75, 3.05) is 13.1 Å². The quantitative estimate of drug-likeness (QED) is 0.778. The molecule has 1 saturated heterocycles. The van der Waals surface area contributed by atoms with Gasteiger partial charge in [0, 0.05) is 19.1 Å². The van der Waals surface area contributed by atoms with Gasteiger partial charge in [-0.2, -0.15) is 13.2 Å². The minimum absolute atomic E-state index is 0. The zero-order valence-electron chi connectivity index (χ0n) is 8.96. The third-order valence-corrected chi connectivity index (χ3v) is 2.68. The van der Waals surface area contributed by atoms with Crippen molar-refractivity contribution in [3.05, 3.63) is 0 Å². The summed E-state index contributed by atoms with van der Waals surface area (Å²) in [6.45, 7) is 2.51. The molecule has 2 atom stereocenters. The van der Waals surface area contributed by atoms with E-state index in [1.165, 1.54) is 4.90 Å². The number of alkyl halides is 3. The number of amides is 1. The van der Waals surface area contributed by atoms with E-state index in [0.717, 1.165) is 0 Å². The van der Waals surface area contributed by atoms with E-state index in [1.54, 1.807) is 0 Å². The maximum Gasteiger partial charge on any atom is 0.397 e. The molecule has 0 aromatic carbocycles. The van der Waals surface area contributed by atoms with Crippen LogP contribution in [0.15, 0.2) is 0 Å². The molecule has 1 rings (SSSR count). The minimum Gasteiger partial charge on any atom is -0.342 e. The predicted molar refractivity (Wildman–Crippen MR) is 56.3 cm³/mol. The summed E-state index contributed by atoms with van der Waals surface area (Å²) in [5, 5.41) is 0. The zero-order chi connectivity index (χ0) is 11.6. The van der Waals surface area contributed by atoms with Crippen LogP contribution >= 0.6 is 12.4 Å². The smallest absolute Gasteiger partial charge is 0.342 e. The third-order valence-electron chi connectivity index (χ3n) is 2.68. The van der Waals surface area contributed by atoms with Crippen molar-refractivity contribution in [2.24, 2.45) is 11.7 Å². The van der Waals surface area contributed by atoms with Crippen LogP contribution in [0.25, 0.3) is 0 Å². The Bertz CT molecular complexity index is 247. The van der Waals surface area contributed by atoms with E-state index < -0.39 is 18.5 Å². The Morgan fingerprint density at radius 1 is 1.50 bits per heavy atom. The number of nitrogens with zero attached hydrogens (tertiary/aromatic N) is 1. The first-order chi connectivity index (χ1) is 6.79. The van der Waals surface area contributed by atoms with Crippen LogP contribution in [0.3, 0.4) is 0 Å². The average molecular weight is 261 g/mol. The van der Waals surface area contributed by atoms with Crippen molar-refractivity contribution >= 4 is 18.3 Å². The second-order valence-corrected chi connectivity index (χ2v) is 4.06. The van der Waals surface area contributed by atoms with Gasteiger partial charge < -0.3 is 10.6 Å². The maximum absolute atomic E-state index is 12.0. The molecule has 1 amide bonds. The van der Waals surface area contributed by atoms with Crippen molar-refractivity contribution in [3.8, 4) is 0 Å². The lowest BCUT2D eigenvalue weighted by Crippen LogP contribution is -2.48. The highest BCUT2D eigenvalue weighted by Gasteiger charge is 2.35. The number of hydrogen-bond acceptors (Lipinski definition) is 2. The Morgan fingerprint density at radius 2 is 2.06 bits per heavy atom. The number of nitrogens with two attached hydrogens (primary N) is 1. The fourth-order valence-electron chi connectivity index (χ4n) is 1.67. The normalized spacial score (nSPS) is 26.2. The molecule has 2 unspecified atom stereocenters. The van der Waals surface area contributed by atoms with E-state index in [1.807, 2.05) is 6.92 Å². The highest BCUT2D eigenvalue weighted by atomic mass is 35.5. The predicted octanol–water partition coefficient (Wildman–Crippen LogP) is 1.56. The summed E-state index contributed by atoms with van der Waals surface area (Å²) in [6.07, 6.45) is -5.21. The number of piperidine rings is 1. The topological polar surface area (TPSA) is 46.3 Å². The van der Waals surface area contributed by atoms with E-state index in [4.69, 9.17) is 5.73 Å². The van der Waals surface area contributed by atoms with Crippen LogP contribution in [0.1, 0.15) is 19.8 Å². The van der Waals surface area contributed by atoms with Crippen LogP contribution in [-0.4, -0.2) is 36.1 Å². The molecule has 1 aliphatic rings. The Labute approximate surface area is 98.6 Å². The summed E-state index contributed by atoms with van der Waals surface area (Å²) in [6, 6.07) is -0.0139. The number of rotatable bonds is 1. The lowest BCUT2D eigenvalue weighted by Gasteiger charge is -2.35. The van der Waals surface area contributed by atoms with Gasteiger partial charge in [0.2, 0.25) is 5.91 Å². The van der Waals surface area contributed by atoms with Crippen molar-refractivity contribution in [1.29, 1.82) is 0 Å². The first kappa shape index (κ1) is 15.5. The standard InChI is InChI=1S/C9H15F3N2O.ClH/c1-6-5-14(3-2-7(6)13)8(15)4-9(10,11)12;/h6-7H,2-5,13H2,1H3;1H. The molecular weight excluding hydrogens is 245 g/mol. The summed E-state index contributed by atoms with van der Waals surface area (Å²) in [5.41, 5.74) is 5.71. The lowest BCUT2D eigenvalue weighted by molar-refractivity contribution is -0.162. The fourth-order valence-corrected chi connectivity index (χ4v) is 1.67. The monoisotopic (exact) mass is 260 g/mol.